The average Bonchev–Trinajstić information content (AvgIpc) is 2.65. The number of hydrogen-bond acceptors (Lipinski definition) is 5. The molecule has 2 rings (SSSR count). The third-order valence-electron chi connectivity index (χ3n) is 4.22. The van der Waals surface area contributed by atoms with Crippen LogP contribution in [-0.4, -0.2) is 44.2 Å². The number of nitrogens with one attached hydrogen (secondary N) is 2. The summed E-state index contributed by atoms with van der Waals surface area (Å²) in [7, 11) is 1.66. The molecule has 2 aromatic rings. The minimum Gasteiger partial charge on any atom is -0.383 e. The van der Waals surface area contributed by atoms with Gasteiger partial charge in [-0.15, -0.1) is 0 Å². The van der Waals surface area contributed by atoms with Crippen LogP contribution in [0.25, 0.3) is 0 Å². The highest BCUT2D eigenvalue weighted by Crippen LogP contribution is 2.23. The molecule has 0 spiro atoms. The molecular formula is C20H28N4O2. The van der Waals surface area contributed by atoms with Crippen LogP contribution < -0.4 is 15.5 Å². The average molecular weight is 356 g/mol. The lowest BCUT2D eigenvalue weighted by Crippen LogP contribution is -2.22. The maximum absolute atomic E-state index is 12.4. The van der Waals surface area contributed by atoms with E-state index in [1.54, 1.807) is 19.4 Å². The van der Waals surface area contributed by atoms with Gasteiger partial charge in [0.25, 0.3) is 5.91 Å². The van der Waals surface area contributed by atoms with Crippen molar-refractivity contribution in [1.29, 1.82) is 0 Å². The van der Waals surface area contributed by atoms with Gasteiger partial charge in [-0.3, -0.25) is 4.79 Å². The molecule has 1 aromatic heterocycles. The Morgan fingerprint density at radius 3 is 2.54 bits per heavy atom. The molecule has 0 saturated carbocycles. The van der Waals surface area contributed by atoms with E-state index in [1.807, 2.05) is 25.1 Å². The molecule has 1 amide bonds. The topological polar surface area (TPSA) is 66.5 Å². The summed E-state index contributed by atoms with van der Waals surface area (Å²) in [5.74, 6) is -0.216. The number of carbonyl (C=O) groups is 1. The monoisotopic (exact) mass is 356 g/mol. The molecule has 0 aliphatic rings. The summed E-state index contributed by atoms with van der Waals surface area (Å²) in [5, 5.41) is 6.11. The summed E-state index contributed by atoms with van der Waals surface area (Å²) < 4.78 is 4.99. The predicted octanol–water partition coefficient (Wildman–Crippen LogP) is 3.55. The van der Waals surface area contributed by atoms with E-state index in [2.05, 4.69) is 40.4 Å². The molecule has 0 aliphatic carbocycles. The Kier molecular flexibility index (Phi) is 7.41. The fraction of sp³-hybridized carbons (Fsp3) is 0.400. The summed E-state index contributed by atoms with van der Waals surface area (Å²) >= 11 is 0. The van der Waals surface area contributed by atoms with E-state index in [-0.39, 0.29) is 5.91 Å². The lowest BCUT2D eigenvalue weighted by atomic mass is 10.1. The molecule has 0 fully saturated rings. The molecule has 0 atom stereocenters. The number of methoxy groups -OCH3 is 1. The van der Waals surface area contributed by atoms with Crippen LogP contribution in [0.2, 0.25) is 0 Å². The van der Waals surface area contributed by atoms with Gasteiger partial charge in [0.1, 0.15) is 5.69 Å². The second-order valence-electron chi connectivity index (χ2n) is 5.98. The molecule has 2 N–H and O–H groups in total. The minimum atomic E-state index is -0.216. The van der Waals surface area contributed by atoms with Crippen LogP contribution >= 0.6 is 0 Å². The summed E-state index contributed by atoms with van der Waals surface area (Å²) in [4.78, 5) is 18.9. The normalized spacial score (nSPS) is 10.5. The summed E-state index contributed by atoms with van der Waals surface area (Å²) in [6, 6.07) is 9.63. The maximum Gasteiger partial charge on any atom is 0.274 e. The first-order chi connectivity index (χ1) is 12.6. The number of benzene rings is 1. The minimum absolute atomic E-state index is 0.216. The van der Waals surface area contributed by atoms with Gasteiger partial charge in [0.15, 0.2) is 0 Å². The fourth-order valence-corrected chi connectivity index (χ4v) is 2.69. The van der Waals surface area contributed by atoms with E-state index in [9.17, 15) is 4.79 Å². The SMILES string of the molecule is CCN(CC)c1ccc(NC(=O)c2ccc(NCCOC)cn2)c(C)c1. The second kappa shape index (κ2) is 9.77. The number of anilines is 3. The Hall–Kier alpha value is -2.60. The molecule has 0 radical (unpaired) electrons. The van der Waals surface area contributed by atoms with Crippen LogP contribution in [0, 0.1) is 6.92 Å². The highest BCUT2D eigenvalue weighted by Gasteiger charge is 2.11. The van der Waals surface area contributed by atoms with Gasteiger partial charge >= 0.3 is 0 Å². The zero-order valence-electron chi connectivity index (χ0n) is 16.0. The van der Waals surface area contributed by atoms with Crippen molar-refractivity contribution in [2.24, 2.45) is 0 Å². The van der Waals surface area contributed by atoms with Crippen molar-refractivity contribution >= 4 is 23.0 Å². The molecule has 140 valence electrons. The fourth-order valence-electron chi connectivity index (χ4n) is 2.69. The van der Waals surface area contributed by atoms with Crippen molar-refractivity contribution in [2.45, 2.75) is 20.8 Å². The third kappa shape index (κ3) is 5.20. The third-order valence-corrected chi connectivity index (χ3v) is 4.22. The van der Waals surface area contributed by atoms with Crippen molar-refractivity contribution in [2.75, 3.05) is 48.9 Å². The number of pyridine rings is 1. The van der Waals surface area contributed by atoms with Gasteiger partial charge in [0, 0.05) is 38.1 Å². The van der Waals surface area contributed by atoms with Gasteiger partial charge in [-0.05, 0) is 56.7 Å². The standard InChI is InChI=1S/C20H28N4O2/c1-5-24(6-2)17-8-10-18(15(3)13-17)23-20(25)19-9-7-16(14-22-19)21-11-12-26-4/h7-10,13-14,21H,5-6,11-12H2,1-4H3,(H,23,25). The van der Waals surface area contributed by atoms with E-state index in [0.717, 1.165) is 35.7 Å². The Morgan fingerprint density at radius 1 is 1.19 bits per heavy atom. The van der Waals surface area contributed by atoms with Crippen LogP contribution in [0.15, 0.2) is 36.5 Å². The molecule has 26 heavy (non-hydrogen) atoms. The number of hydrogen-bond donors (Lipinski definition) is 2. The number of carbonyl (C=O) groups excluding carboxylic acids is 1. The predicted molar refractivity (Wildman–Crippen MR) is 107 cm³/mol. The molecule has 6 nitrogen and oxygen atoms in total. The van der Waals surface area contributed by atoms with E-state index in [1.165, 1.54) is 0 Å². The lowest BCUT2D eigenvalue weighted by molar-refractivity contribution is 0.102. The lowest BCUT2D eigenvalue weighted by Gasteiger charge is -2.22. The smallest absolute Gasteiger partial charge is 0.274 e. The first kappa shape index (κ1) is 19.7. The van der Waals surface area contributed by atoms with Gasteiger partial charge < -0.3 is 20.3 Å². The Labute approximate surface area is 155 Å². The first-order valence-corrected chi connectivity index (χ1v) is 8.94. The number of rotatable bonds is 9. The molecule has 1 heterocycles. The highest BCUT2D eigenvalue weighted by atomic mass is 16.5. The number of nitrogens with zero attached hydrogens (tertiary/aromatic N) is 2. The van der Waals surface area contributed by atoms with Gasteiger partial charge in [-0.2, -0.15) is 0 Å². The highest BCUT2D eigenvalue weighted by molar-refractivity contribution is 6.03. The van der Waals surface area contributed by atoms with Crippen LogP contribution in [0.3, 0.4) is 0 Å². The number of amides is 1. The molecule has 0 saturated heterocycles. The molecule has 0 bridgehead atoms. The number of aryl methyl sites for hydroxylation is 1. The van der Waals surface area contributed by atoms with Gasteiger partial charge in [-0.1, -0.05) is 0 Å². The Balaban J connectivity index is 2.03. The molecule has 6 heteroatoms. The van der Waals surface area contributed by atoms with Crippen LogP contribution in [0.4, 0.5) is 17.1 Å². The number of ether oxygens (including phenoxy) is 1. The summed E-state index contributed by atoms with van der Waals surface area (Å²) in [6.07, 6.45) is 1.65. The zero-order valence-corrected chi connectivity index (χ0v) is 16.0. The Bertz CT molecular complexity index is 712. The van der Waals surface area contributed by atoms with Gasteiger partial charge in [0.05, 0.1) is 18.5 Å². The van der Waals surface area contributed by atoms with Crippen molar-refractivity contribution in [3.8, 4) is 0 Å². The van der Waals surface area contributed by atoms with Gasteiger partial charge in [-0.25, -0.2) is 4.98 Å². The molecule has 0 aliphatic heterocycles. The first-order valence-electron chi connectivity index (χ1n) is 8.94. The summed E-state index contributed by atoms with van der Waals surface area (Å²) in [5.41, 5.74) is 4.23. The van der Waals surface area contributed by atoms with Crippen LogP contribution in [0.1, 0.15) is 29.9 Å². The molecular weight excluding hydrogens is 328 g/mol. The van der Waals surface area contributed by atoms with Crippen LogP contribution in [-0.2, 0) is 4.74 Å². The maximum atomic E-state index is 12.4. The van der Waals surface area contributed by atoms with E-state index < -0.39 is 0 Å². The Morgan fingerprint density at radius 2 is 1.96 bits per heavy atom. The second-order valence-corrected chi connectivity index (χ2v) is 5.98. The van der Waals surface area contributed by atoms with Crippen molar-refractivity contribution in [3.63, 3.8) is 0 Å². The largest absolute Gasteiger partial charge is 0.383 e. The number of aromatic nitrogens is 1. The van der Waals surface area contributed by atoms with Crippen molar-refractivity contribution in [3.05, 3.63) is 47.8 Å². The van der Waals surface area contributed by atoms with Crippen molar-refractivity contribution < 1.29 is 9.53 Å². The molecule has 1 aromatic carbocycles. The summed E-state index contributed by atoms with van der Waals surface area (Å²) in [6.45, 7) is 9.49. The van der Waals surface area contributed by atoms with Crippen molar-refractivity contribution in [1.82, 2.24) is 4.98 Å². The van der Waals surface area contributed by atoms with E-state index in [0.29, 0.717) is 18.8 Å². The van der Waals surface area contributed by atoms with Crippen LogP contribution in [0.5, 0.6) is 0 Å². The van der Waals surface area contributed by atoms with E-state index >= 15 is 0 Å². The van der Waals surface area contributed by atoms with Gasteiger partial charge in [0.2, 0.25) is 0 Å². The zero-order chi connectivity index (χ0) is 18.9. The van der Waals surface area contributed by atoms with E-state index in [4.69, 9.17) is 4.74 Å². The molecule has 0 unspecified atom stereocenters. The quantitative estimate of drug-likeness (QED) is 0.673.